The van der Waals surface area contributed by atoms with E-state index in [9.17, 15) is 18.7 Å². The Morgan fingerprint density at radius 2 is 2.00 bits per heavy atom. The molecule has 0 aliphatic carbocycles. The Morgan fingerprint density at radius 3 is 2.52 bits per heavy atom. The highest BCUT2D eigenvalue weighted by atomic mass is 35.5. The van der Waals surface area contributed by atoms with E-state index in [1.807, 2.05) is 20.8 Å². The molecule has 0 aromatic rings. The number of carbonyl (C=O) groups is 1. The quantitative estimate of drug-likeness (QED) is 0.627. The van der Waals surface area contributed by atoms with Crippen LogP contribution in [0.2, 0.25) is 0 Å². The van der Waals surface area contributed by atoms with Crippen LogP contribution < -0.4 is 0 Å². The maximum absolute atomic E-state index is 14.0. The van der Waals surface area contributed by atoms with Gasteiger partial charge in [-0.2, -0.15) is 0 Å². The van der Waals surface area contributed by atoms with E-state index in [-0.39, 0.29) is 37.8 Å². The molecule has 3 atom stereocenters. The van der Waals surface area contributed by atoms with Crippen molar-refractivity contribution in [2.45, 2.75) is 64.1 Å². The highest BCUT2D eigenvalue weighted by Crippen LogP contribution is 2.33. The van der Waals surface area contributed by atoms with Crippen LogP contribution in [0.5, 0.6) is 0 Å². The fourth-order valence-electron chi connectivity index (χ4n) is 2.80. The van der Waals surface area contributed by atoms with Crippen molar-refractivity contribution in [1.82, 2.24) is 9.80 Å². The lowest BCUT2D eigenvalue weighted by molar-refractivity contribution is -0.132. The number of nitrogens with zero attached hydrogens (tertiary/aromatic N) is 3. The smallest absolute Gasteiger partial charge is 0.265 e. The van der Waals surface area contributed by atoms with E-state index >= 15 is 0 Å². The Kier molecular flexibility index (Phi) is 4.93. The van der Waals surface area contributed by atoms with Crippen LogP contribution in [0.1, 0.15) is 40.5 Å². The van der Waals surface area contributed by atoms with E-state index in [1.165, 1.54) is 9.80 Å². The number of amides is 1. The molecule has 0 bridgehead atoms. The average molecular weight is 352 g/mol. The minimum atomic E-state index is -2.98. The summed E-state index contributed by atoms with van der Waals surface area (Å²) in [6.07, 6.45) is -0.660. The Hall–Kier alpha value is -0.950. The van der Waals surface area contributed by atoms with Crippen LogP contribution in [-0.4, -0.2) is 63.4 Å². The van der Waals surface area contributed by atoms with Gasteiger partial charge in [0.15, 0.2) is 0 Å². The van der Waals surface area contributed by atoms with Crippen molar-refractivity contribution in [1.29, 1.82) is 0 Å². The third-order valence-electron chi connectivity index (χ3n) is 4.35. The number of halogens is 3. The Morgan fingerprint density at radius 1 is 1.39 bits per heavy atom. The predicted molar refractivity (Wildman–Crippen MR) is 84.6 cm³/mol. The zero-order valence-corrected chi connectivity index (χ0v) is 14.6. The van der Waals surface area contributed by atoms with Gasteiger partial charge in [0.1, 0.15) is 5.50 Å². The first kappa shape index (κ1) is 18.4. The lowest BCUT2D eigenvalue weighted by Crippen LogP contribution is -2.64. The van der Waals surface area contributed by atoms with Crippen molar-refractivity contribution in [2.75, 3.05) is 13.1 Å². The van der Waals surface area contributed by atoms with Gasteiger partial charge >= 0.3 is 0 Å². The maximum atomic E-state index is 14.0. The molecule has 23 heavy (non-hydrogen) atoms. The van der Waals surface area contributed by atoms with Crippen LogP contribution in [0.25, 0.3) is 0 Å². The van der Waals surface area contributed by atoms with Gasteiger partial charge < -0.3 is 10.0 Å². The molecule has 0 saturated carbocycles. The largest absolute Gasteiger partial charge is 0.391 e. The molecule has 0 aromatic carbocycles. The second-order valence-electron chi connectivity index (χ2n) is 7.41. The SMILES string of the molecule is CC(C)(C)C(O)CN1C2=NC(Cl)CC(=O)N2CCC1C(C)(F)F. The summed E-state index contributed by atoms with van der Waals surface area (Å²) < 4.78 is 28.1. The first-order valence-electron chi connectivity index (χ1n) is 7.76. The second kappa shape index (κ2) is 6.16. The number of carbonyl (C=O) groups excluding carboxylic acids is 1. The molecule has 1 saturated heterocycles. The lowest BCUT2D eigenvalue weighted by atomic mass is 9.88. The number of alkyl halides is 3. The van der Waals surface area contributed by atoms with Crippen LogP contribution in [-0.2, 0) is 4.79 Å². The Labute approximate surface area is 140 Å². The number of aliphatic hydroxyl groups excluding tert-OH is 1. The van der Waals surface area contributed by atoms with Crippen LogP contribution in [0.4, 0.5) is 8.78 Å². The standard InChI is InChI=1S/C15H24ClF2N3O2/c1-14(2,3)10(22)8-21-9(15(4,17)18)5-6-20-12(23)7-11(16)19-13(20)21/h9-11,22H,5-8H2,1-4H3. The van der Waals surface area contributed by atoms with Gasteiger partial charge in [0.2, 0.25) is 11.9 Å². The predicted octanol–water partition coefficient (Wildman–Crippen LogP) is 2.28. The molecular formula is C15H24ClF2N3O2. The molecule has 1 N–H and O–H groups in total. The summed E-state index contributed by atoms with van der Waals surface area (Å²) in [5.41, 5.74) is -1.23. The molecule has 2 aliphatic rings. The van der Waals surface area contributed by atoms with Crippen molar-refractivity contribution in [3.05, 3.63) is 0 Å². The van der Waals surface area contributed by atoms with Crippen molar-refractivity contribution in [2.24, 2.45) is 10.4 Å². The maximum Gasteiger partial charge on any atom is 0.265 e. The molecule has 0 radical (unpaired) electrons. The van der Waals surface area contributed by atoms with Gasteiger partial charge in [-0.15, -0.1) is 0 Å². The van der Waals surface area contributed by atoms with Crippen molar-refractivity contribution < 1.29 is 18.7 Å². The summed E-state index contributed by atoms with van der Waals surface area (Å²) in [6.45, 7) is 6.51. The molecular weight excluding hydrogens is 328 g/mol. The molecule has 5 nitrogen and oxygen atoms in total. The third kappa shape index (κ3) is 3.94. The van der Waals surface area contributed by atoms with Crippen LogP contribution in [0.3, 0.4) is 0 Å². The fourth-order valence-corrected chi connectivity index (χ4v) is 3.02. The summed E-state index contributed by atoms with van der Waals surface area (Å²) in [4.78, 5) is 19.1. The molecule has 0 aromatic heterocycles. The van der Waals surface area contributed by atoms with E-state index in [0.29, 0.717) is 0 Å². The average Bonchev–Trinajstić information content (AvgIpc) is 2.36. The van der Waals surface area contributed by atoms with Crippen LogP contribution in [0, 0.1) is 5.41 Å². The van der Waals surface area contributed by atoms with Crippen molar-refractivity contribution in [3.63, 3.8) is 0 Å². The topological polar surface area (TPSA) is 56.1 Å². The fraction of sp³-hybridized carbons (Fsp3) is 0.867. The lowest BCUT2D eigenvalue weighted by Gasteiger charge is -2.48. The Bertz CT molecular complexity index is 502. The number of aliphatic hydroxyl groups is 1. The van der Waals surface area contributed by atoms with Gasteiger partial charge in [0, 0.05) is 20.0 Å². The van der Waals surface area contributed by atoms with Gasteiger partial charge in [-0.05, 0) is 11.8 Å². The van der Waals surface area contributed by atoms with Crippen LogP contribution >= 0.6 is 11.6 Å². The van der Waals surface area contributed by atoms with E-state index in [4.69, 9.17) is 11.6 Å². The first-order valence-corrected chi connectivity index (χ1v) is 8.19. The zero-order valence-electron chi connectivity index (χ0n) is 13.9. The number of guanidine groups is 1. The van der Waals surface area contributed by atoms with Gasteiger partial charge in [0.05, 0.1) is 18.6 Å². The minimum absolute atomic E-state index is 0.0240. The van der Waals surface area contributed by atoms with Gasteiger partial charge in [-0.3, -0.25) is 9.69 Å². The van der Waals surface area contributed by atoms with Crippen molar-refractivity contribution in [3.8, 4) is 0 Å². The highest BCUT2D eigenvalue weighted by Gasteiger charge is 2.47. The van der Waals surface area contributed by atoms with Crippen LogP contribution in [0.15, 0.2) is 4.99 Å². The number of hydrogen-bond donors (Lipinski definition) is 1. The molecule has 2 heterocycles. The monoisotopic (exact) mass is 351 g/mol. The number of hydrogen-bond acceptors (Lipinski definition) is 4. The molecule has 2 aliphatic heterocycles. The number of β-amino-alcohol motifs (C(OH)–C–C–N with tert-alkyl or cyclic N) is 1. The second-order valence-corrected chi connectivity index (χ2v) is 7.91. The summed E-state index contributed by atoms with van der Waals surface area (Å²) in [5.74, 6) is -3.04. The summed E-state index contributed by atoms with van der Waals surface area (Å²) in [5, 5.41) is 10.4. The molecule has 132 valence electrons. The summed E-state index contributed by atoms with van der Waals surface area (Å²) >= 11 is 5.97. The van der Waals surface area contributed by atoms with Gasteiger partial charge in [0.25, 0.3) is 5.92 Å². The van der Waals surface area contributed by atoms with E-state index in [2.05, 4.69) is 4.99 Å². The third-order valence-corrected chi connectivity index (χ3v) is 4.61. The molecule has 1 amide bonds. The van der Waals surface area contributed by atoms with E-state index < -0.39 is 29.0 Å². The minimum Gasteiger partial charge on any atom is -0.391 e. The van der Waals surface area contributed by atoms with Gasteiger partial charge in [-0.25, -0.2) is 13.8 Å². The molecule has 3 unspecified atom stereocenters. The van der Waals surface area contributed by atoms with Gasteiger partial charge in [-0.1, -0.05) is 32.4 Å². The summed E-state index contributed by atoms with van der Waals surface area (Å²) in [6, 6.07) is -1.12. The zero-order chi connectivity index (χ0) is 17.6. The Balaban J connectivity index is 2.37. The molecule has 1 fully saturated rings. The van der Waals surface area contributed by atoms with E-state index in [1.54, 1.807) is 0 Å². The summed E-state index contributed by atoms with van der Waals surface area (Å²) in [7, 11) is 0. The molecule has 0 spiro atoms. The number of aliphatic imine (C=N–C) groups is 1. The number of rotatable bonds is 3. The normalized spacial score (nSPS) is 27.7. The highest BCUT2D eigenvalue weighted by molar-refractivity contribution is 6.23. The molecule has 2 rings (SSSR count). The molecule has 8 heteroatoms. The first-order chi connectivity index (χ1) is 10.4. The van der Waals surface area contributed by atoms with E-state index in [0.717, 1.165) is 6.92 Å². The number of fused-ring (bicyclic) bond motifs is 1. The van der Waals surface area contributed by atoms with Crippen molar-refractivity contribution >= 4 is 23.5 Å².